The van der Waals surface area contributed by atoms with Gasteiger partial charge in [-0.25, -0.2) is 29.7 Å². The number of unbranched alkanes of at least 4 members (excludes halogenated alkanes) is 1. The Labute approximate surface area is 449 Å². The van der Waals surface area contributed by atoms with Crippen LogP contribution in [-0.2, 0) is 22.8 Å². The Morgan fingerprint density at radius 2 is 1.14 bits per heavy atom. The number of fused-ring (bicyclic) bond motifs is 2. The highest BCUT2D eigenvalue weighted by Crippen LogP contribution is 2.36. The molecule has 2 amide bonds. The number of likely N-dealkylation sites (N-methyl/N-ethyl adjacent to an activating group) is 2. The van der Waals surface area contributed by atoms with Gasteiger partial charge in [0.1, 0.15) is 11.0 Å². The summed E-state index contributed by atoms with van der Waals surface area (Å²) in [4.78, 5) is 55.4. The lowest BCUT2D eigenvalue weighted by molar-refractivity contribution is 0.0269. The van der Waals surface area contributed by atoms with Gasteiger partial charge in [0.25, 0.3) is 11.8 Å². The number of benzene rings is 4. The summed E-state index contributed by atoms with van der Waals surface area (Å²) in [6.07, 6.45) is 9.66. The molecule has 10 rings (SSSR count). The SMILES string of the molecule is CN1CCN(CCCCn2cnc3c(F)c(Nc4ccc(Br)cc4Cl)c(C(=O)NOCC4CC4)cc32)CC1.Cc1cc(Cl)ccc1Nc1c(C(=O)NOCC2CC2)cc2c(ncn2CCN2CCN(C)CC2)c1F. The van der Waals surface area contributed by atoms with Gasteiger partial charge < -0.3 is 34.5 Å². The number of hydroxylamine groups is 2. The van der Waals surface area contributed by atoms with Crippen molar-refractivity contribution in [3.8, 4) is 0 Å². The maximum absolute atomic E-state index is 15.9. The predicted molar refractivity (Wildman–Crippen MR) is 291 cm³/mol. The number of carbonyl (C=O) groups is 2. The predicted octanol–water partition coefficient (Wildman–Crippen LogP) is 9.63. The number of hydrogen-bond donors (Lipinski definition) is 4. The molecular weight excluding hydrogens is 1060 g/mol. The van der Waals surface area contributed by atoms with E-state index in [1.807, 2.05) is 16.1 Å². The second kappa shape index (κ2) is 24.8. The number of hydrogen-bond acceptors (Lipinski definition) is 12. The molecule has 2 aliphatic heterocycles. The molecule has 2 saturated carbocycles. The molecule has 0 atom stereocenters. The first-order valence-electron chi connectivity index (χ1n) is 25.5. The monoisotopic (exact) mass is 1120 g/mol. The number of aromatic nitrogens is 4. The first kappa shape index (κ1) is 53.9. The molecule has 74 heavy (non-hydrogen) atoms. The zero-order valence-electron chi connectivity index (χ0n) is 42.2. The molecule has 2 aliphatic carbocycles. The third-order valence-electron chi connectivity index (χ3n) is 14.2. The molecule has 6 aromatic rings. The minimum atomic E-state index is -0.606. The van der Waals surface area contributed by atoms with Gasteiger partial charge in [0, 0.05) is 87.2 Å². The second-order valence-corrected chi connectivity index (χ2v) is 21.8. The van der Waals surface area contributed by atoms with Crippen LogP contribution in [0, 0.1) is 30.4 Å². The summed E-state index contributed by atoms with van der Waals surface area (Å²) in [6.45, 7) is 14.4. The Morgan fingerprint density at radius 1 is 0.649 bits per heavy atom. The van der Waals surface area contributed by atoms with E-state index < -0.39 is 23.4 Å². The van der Waals surface area contributed by atoms with Crippen LogP contribution in [0.15, 0.2) is 65.7 Å². The normalized spacial score (nSPS) is 16.9. The third kappa shape index (κ3) is 13.9. The number of anilines is 4. The Kier molecular flexibility index (Phi) is 18.0. The fourth-order valence-electron chi connectivity index (χ4n) is 9.04. The molecule has 396 valence electrons. The van der Waals surface area contributed by atoms with Crippen molar-refractivity contribution in [3.63, 3.8) is 0 Å². The molecule has 2 saturated heterocycles. The van der Waals surface area contributed by atoms with Crippen LogP contribution >= 0.6 is 39.1 Å². The van der Waals surface area contributed by atoms with E-state index in [-0.39, 0.29) is 33.5 Å². The summed E-state index contributed by atoms with van der Waals surface area (Å²) in [5.74, 6) is -1.25. The van der Waals surface area contributed by atoms with Gasteiger partial charge in [-0.1, -0.05) is 39.1 Å². The molecular formula is C53H65BrCl2F2N12O4. The van der Waals surface area contributed by atoms with E-state index in [4.69, 9.17) is 32.9 Å². The van der Waals surface area contributed by atoms with E-state index in [1.165, 1.54) is 0 Å². The number of piperazine rings is 2. The zero-order chi connectivity index (χ0) is 51.9. The van der Waals surface area contributed by atoms with Crippen LogP contribution in [0.3, 0.4) is 0 Å². The van der Waals surface area contributed by atoms with Crippen molar-refractivity contribution in [2.45, 2.75) is 58.5 Å². The molecule has 16 nitrogen and oxygen atoms in total. The van der Waals surface area contributed by atoms with Crippen LogP contribution < -0.4 is 21.6 Å². The van der Waals surface area contributed by atoms with E-state index in [2.05, 4.69) is 81.2 Å². The third-order valence-corrected chi connectivity index (χ3v) is 15.2. The summed E-state index contributed by atoms with van der Waals surface area (Å²) in [6, 6.07) is 13.9. The Balaban J connectivity index is 0.000000182. The van der Waals surface area contributed by atoms with Crippen molar-refractivity contribution in [2.75, 3.05) is 103 Å². The van der Waals surface area contributed by atoms with Crippen LogP contribution in [0.1, 0.15) is 64.8 Å². The molecule has 0 bridgehead atoms. The number of amides is 2. The molecule has 2 aromatic heterocycles. The van der Waals surface area contributed by atoms with Gasteiger partial charge in [-0.15, -0.1) is 0 Å². The highest BCUT2D eigenvalue weighted by atomic mass is 79.9. The highest BCUT2D eigenvalue weighted by Gasteiger charge is 2.28. The van der Waals surface area contributed by atoms with Gasteiger partial charge in [0.05, 0.1) is 70.1 Å². The van der Waals surface area contributed by atoms with Crippen molar-refractivity contribution in [1.29, 1.82) is 0 Å². The maximum atomic E-state index is 15.9. The van der Waals surface area contributed by atoms with Gasteiger partial charge in [-0.2, -0.15) is 0 Å². The van der Waals surface area contributed by atoms with Gasteiger partial charge in [0.15, 0.2) is 11.6 Å². The van der Waals surface area contributed by atoms with Crippen molar-refractivity contribution in [1.82, 2.24) is 49.7 Å². The number of nitrogens with one attached hydrogen (secondary N) is 4. The van der Waals surface area contributed by atoms with Gasteiger partial charge >= 0.3 is 0 Å². The smallest absolute Gasteiger partial charge is 0.277 e. The molecule has 4 heterocycles. The van der Waals surface area contributed by atoms with Crippen LogP contribution in [0.5, 0.6) is 0 Å². The number of imidazole rings is 2. The summed E-state index contributed by atoms with van der Waals surface area (Å²) in [5, 5.41) is 7.10. The standard InChI is InChI=1S/C27H33BrClFN6O2.C26H32ClFN6O2/c1-34-10-12-35(13-11-34)8-2-3-9-36-17-31-26-23(36)15-20(27(37)33-38-16-18-4-5-18)25(24(26)30)32-22-7-6-19(28)14-21(22)29;1-17-13-19(27)5-6-21(17)30-24-20(26(35)31-36-15-18-3-4-18)14-22-25(23(24)28)29-16-34(22)12-11-33-9-7-32(2)8-10-33/h6-7,14-15,17-18,32H,2-5,8-13,16H2,1H3,(H,33,37);5-6,13-14,16,18,30H,3-4,7-12,15H2,1-2H3,(H,31,35). The zero-order valence-corrected chi connectivity index (χ0v) is 45.3. The summed E-state index contributed by atoms with van der Waals surface area (Å²) in [7, 11) is 4.28. The fraction of sp³-hybridized carbons (Fsp3) is 0.472. The lowest BCUT2D eigenvalue weighted by Crippen LogP contribution is -2.45. The average Bonchev–Trinajstić information content (AvgIpc) is 4.31. The van der Waals surface area contributed by atoms with Crippen LogP contribution in [0.25, 0.3) is 22.1 Å². The van der Waals surface area contributed by atoms with E-state index in [1.54, 1.807) is 61.2 Å². The van der Waals surface area contributed by atoms with E-state index in [0.29, 0.717) is 70.6 Å². The van der Waals surface area contributed by atoms with Gasteiger partial charge in [-0.3, -0.25) is 24.2 Å². The number of carbonyl (C=O) groups excluding carboxylic acids is 2. The van der Waals surface area contributed by atoms with Crippen molar-refractivity contribution in [3.05, 3.63) is 104 Å². The molecule has 0 unspecified atom stereocenters. The van der Waals surface area contributed by atoms with Crippen LogP contribution in [-0.4, -0.2) is 143 Å². The Bertz CT molecular complexity index is 2940. The van der Waals surface area contributed by atoms with Gasteiger partial charge in [0.2, 0.25) is 0 Å². The summed E-state index contributed by atoms with van der Waals surface area (Å²) < 4.78 is 36.4. The second-order valence-electron chi connectivity index (χ2n) is 20.0. The topological polar surface area (TPSA) is 149 Å². The van der Waals surface area contributed by atoms with Crippen LogP contribution in [0.2, 0.25) is 10.0 Å². The first-order valence-corrected chi connectivity index (χ1v) is 27.1. The molecule has 4 aromatic carbocycles. The van der Waals surface area contributed by atoms with E-state index in [9.17, 15) is 9.59 Å². The van der Waals surface area contributed by atoms with Crippen LogP contribution in [0.4, 0.5) is 31.5 Å². The molecule has 0 spiro atoms. The largest absolute Gasteiger partial charge is 0.352 e. The van der Waals surface area contributed by atoms with Gasteiger partial charge in [-0.05, 0) is 132 Å². The average molecular weight is 1120 g/mol. The van der Waals surface area contributed by atoms with E-state index >= 15 is 8.78 Å². The number of aryl methyl sites for hydroxylation is 2. The quantitative estimate of drug-likeness (QED) is 0.0426. The highest BCUT2D eigenvalue weighted by molar-refractivity contribution is 9.10. The number of nitrogens with zero attached hydrogens (tertiary/aromatic N) is 8. The van der Waals surface area contributed by atoms with Crippen molar-refractivity contribution in [2.24, 2.45) is 11.8 Å². The summed E-state index contributed by atoms with van der Waals surface area (Å²) in [5.41, 5.74) is 8.88. The first-order chi connectivity index (χ1) is 35.8. The lowest BCUT2D eigenvalue weighted by atomic mass is 10.1. The minimum Gasteiger partial charge on any atom is -0.352 e. The fourth-order valence-corrected chi connectivity index (χ4v) is 9.99. The van der Waals surface area contributed by atoms with Crippen molar-refractivity contribution < 1.29 is 28.0 Å². The molecule has 4 N–H and O–H groups in total. The summed E-state index contributed by atoms with van der Waals surface area (Å²) >= 11 is 15.9. The maximum Gasteiger partial charge on any atom is 0.277 e. The molecule has 0 radical (unpaired) electrons. The van der Waals surface area contributed by atoms with E-state index in [0.717, 1.165) is 114 Å². The van der Waals surface area contributed by atoms with Crippen molar-refractivity contribution >= 4 is 95.8 Å². The Hall–Kier alpha value is -4.96. The minimum absolute atomic E-state index is 0.00885. The number of halogens is 5. The lowest BCUT2D eigenvalue weighted by Gasteiger charge is -2.32. The molecule has 21 heteroatoms. The Morgan fingerprint density at radius 3 is 1.65 bits per heavy atom. The molecule has 4 fully saturated rings. The molecule has 4 aliphatic rings. The number of rotatable bonds is 20.